The number of hydrogen-bond acceptors (Lipinski definition) is 5. The Morgan fingerprint density at radius 3 is 2.62 bits per heavy atom. The molecule has 0 aromatic carbocycles. The van der Waals surface area contributed by atoms with Crippen LogP contribution in [0, 0.1) is 19.3 Å². The van der Waals surface area contributed by atoms with Gasteiger partial charge >= 0.3 is 5.97 Å². The van der Waals surface area contributed by atoms with Crippen molar-refractivity contribution >= 4 is 27.3 Å². The highest BCUT2D eigenvalue weighted by Crippen LogP contribution is 2.43. The van der Waals surface area contributed by atoms with E-state index in [1.807, 2.05) is 25.8 Å². The SMILES string of the molecule is Cc1cc(S(=O)(=O)N2CC[C@@]3(C(=O)O)CCCN(C)[C@@H]3C2)c(C)s1. The van der Waals surface area contributed by atoms with Gasteiger partial charge in [0.1, 0.15) is 0 Å². The number of piperidine rings is 2. The summed E-state index contributed by atoms with van der Waals surface area (Å²) in [6.07, 6.45) is 1.84. The van der Waals surface area contributed by atoms with Crippen molar-refractivity contribution in [2.75, 3.05) is 26.7 Å². The van der Waals surface area contributed by atoms with Crippen molar-refractivity contribution in [1.29, 1.82) is 0 Å². The maximum atomic E-state index is 13.0. The first-order chi connectivity index (χ1) is 11.2. The number of nitrogens with zero attached hydrogens (tertiary/aromatic N) is 2. The van der Waals surface area contributed by atoms with Crippen molar-refractivity contribution in [3.8, 4) is 0 Å². The van der Waals surface area contributed by atoms with Crippen LogP contribution in [-0.4, -0.2) is 61.4 Å². The average Bonchev–Trinajstić information content (AvgIpc) is 2.86. The highest BCUT2D eigenvalue weighted by atomic mass is 32.2. The van der Waals surface area contributed by atoms with Gasteiger partial charge in [-0.15, -0.1) is 11.3 Å². The van der Waals surface area contributed by atoms with Crippen LogP contribution in [0.5, 0.6) is 0 Å². The summed E-state index contributed by atoms with van der Waals surface area (Å²) in [5.41, 5.74) is -0.821. The average molecular weight is 373 g/mol. The van der Waals surface area contributed by atoms with Gasteiger partial charge in [0.25, 0.3) is 0 Å². The molecule has 1 aromatic heterocycles. The molecule has 8 heteroatoms. The van der Waals surface area contributed by atoms with Gasteiger partial charge in [0.05, 0.1) is 10.3 Å². The van der Waals surface area contributed by atoms with Crippen molar-refractivity contribution in [3.63, 3.8) is 0 Å². The second-order valence-corrected chi connectivity index (χ2v) is 10.3. The van der Waals surface area contributed by atoms with E-state index in [1.165, 1.54) is 15.6 Å². The Bertz CT molecular complexity index is 758. The van der Waals surface area contributed by atoms with Crippen LogP contribution in [0.25, 0.3) is 0 Å². The van der Waals surface area contributed by atoms with Gasteiger partial charge in [-0.2, -0.15) is 4.31 Å². The number of hydrogen-bond donors (Lipinski definition) is 1. The zero-order valence-corrected chi connectivity index (χ0v) is 15.9. The van der Waals surface area contributed by atoms with E-state index in [0.29, 0.717) is 17.7 Å². The summed E-state index contributed by atoms with van der Waals surface area (Å²) < 4.78 is 27.6. The molecule has 0 radical (unpaired) electrons. The molecule has 1 N–H and O–H groups in total. The Balaban J connectivity index is 1.93. The quantitative estimate of drug-likeness (QED) is 0.877. The van der Waals surface area contributed by atoms with Gasteiger partial charge in [-0.25, -0.2) is 8.42 Å². The summed E-state index contributed by atoms with van der Waals surface area (Å²) in [6, 6.07) is 1.45. The molecule has 0 saturated carbocycles. The minimum absolute atomic E-state index is 0.249. The Hall–Kier alpha value is -0.960. The first-order valence-electron chi connectivity index (χ1n) is 8.19. The van der Waals surface area contributed by atoms with Gasteiger partial charge in [-0.3, -0.25) is 4.79 Å². The Morgan fingerprint density at radius 1 is 1.33 bits per heavy atom. The molecule has 0 unspecified atom stereocenters. The molecule has 1 aromatic rings. The van der Waals surface area contributed by atoms with Crippen molar-refractivity contribution < 1.29 is 18.3 Å². The molecule has 2 atom stereocenters. The Morgan fingerprint density at radius 2 is 2.04 bits per heavy atom. The third-order valence-corrected chi connectivity index (χ3v) is 8.61. The highest BCUT2D eigenvalue weighted by molar-refractivity contribution is 7.89. The number of likely N-dealkylation sites (N-methyl/N-ethyl adjacent to an activating group) is 1. The lowest BCUT2D eigenvalue weighted by Crippen LogP contribution is -2.63. The lowest BCUT2D eigenvalue weighted by molar-refractivity contribution is -0.160. The highest BCUT2D eigenvalue weighted by Gasteiger charge is 2.53. The van der Waals surface area contributed by atoms with Crippen LogP contribution in [0.4, 0.5) is 0 Å². The molecule has 0 spiro atoms. The van der Waals surface area contributed by atoms with E-state index in [-0.39, 0.29) is 19.1 Å². The van der Waals surface area contributed by atoms with Crippen LogP contribution < -0.4 is 0 Å². The van der Waals surface area contributed by atoms with Crippen LogP contribution in [-0.2, 0) is 14.8 Å². The second kappa shape index (κ2) is 6.09. The summed E-state index contributed by atoms with van der Waals surface area (Å²) in [6.45, 7) is 5.05. The van der Waals surface area contributed by atoms with Crippen molar-refractivity contribution in [2.24, 2.45) is 5.41 Å². The molecular formula is C16H24N2O4S2. The summed E-state index contributed by atoms with van der Waals surface area (Å²) in [7, 11) is -1.67. The fourth-order valence-electron chi connectivity index (χ4n) is 4.18. The fraction of sp³-hybridized carbons (Fsp3) is 0.688. The topological polar surface area (TPSA) is 77.9 Å². The Labute approximate surface area is 147 Å². The minimum Gasteiger partial charge on any atom is -0.481 e. The number of fused-ring (bicyclic) bond motifs is 1. The van der Waals surface area contributed by atoms with E-state index in [1.54, 1.807) is 6.07 Å². The number of carboxylic acid groups (broad SMARTS) is 1. The molecule has 3 heterocycles. The van der Waals surface area contributed by atoms with E-state index >= 15 is 0 Å². The summed E-state index contributed by atoms with van der Waals surface area (Å²) in [4.78, 5) is 16.1. The number of carbonyl (C=O) groups is 1. The first-order valence-corrected chi connectivity index (χ1v) is 10.4. The molecule has 24 heavy (non-hydrogen) atoms. The van der Waals surface area contributed by atoms with Crippen LogP contribution in [0.2, 0.25) is 0 Å². The predicted octanol–water partition coefficient (Wildman–Crippen LogP) is 1.92. The van der Waals surface area contributed by atoms with Crippen LogP contribution in [0.3, 0.4) is 0 Å². The van der Waals surface area contributed by atoms with E-state index in [9.17, 15) is 18.3 Å². The number of rotatable bonds is 3. The molecule has 6 nitrogen and oxygen atoms in total. The maximum Gasteiger partial charge on any atom is 0.311 e. The maximum absolute atomic E-state index is 13.0. The summed E-state index contributed by atoms with van der Waals surface area (Å²) >= 11 is 1.48. The number of thiophene rings is 1. The zero-order valence-electron chi connectivity index (χ0n) is 14.3. The van der Waals surface area contributed by atoms with Crippen LogP contribution >= 0.6 is 11.3 Å². The van der Waals surface area contributed by atoms with Crippen molar-refractivity contribution in [2.45, 2.75) is 44.0 Å². The molecule has 3 rings (SSSR count). The normalized spacial score (nSPS) is 29.4. The summed E-state index contributed by atoms with van der Waals surface area (Å²) in [5, 5.41) is 9.80. The third kappa shape index (κ3) is 2.69. The lowest BCUT2D eigenvalue weighted by Gasteiger charge is -2.51. The number of sulfonamides is 1. The third-order valence-electron chi connectivity index (χ3n) is 5.53. The molecule has 0 bridgehead atoms. The van der Waals surface area contributed by atoms with Gasteiger partial charge in [0, 0.05) is 28.9 Å². The van der Waals surface area contributed by atoms with E-state index in [4.69, 9.17) is 0 Å². The minimum atomic E-state index is -3.57. The second-order valence-electron chi connectivity index (χ2n) is 6.95. The smallest absolute Gasteiger partial charge is 0.311 e. The number of carboxylic acids is 1. The van der Waals surface area contributed by atoms with Gasteiger partial charge in [-0.05, 0) is 52.8 Å². The largest absolute Gasteiger partial charge is 0.481 e. The van der Waals surface area contributed by atoms with Crippen LogP contribution in [0.1, 0.15) is 29.0 Å². The zero-order chi connectivity index (χ0) is 17.7. The number of aryl methyl sites for hydroxylation is 2. The van der Waals surface area contributed by atoms with Crippen molar-refractivity contribution in [3.05, 3.63) is 15.8 Å². The van der Waals surface area contributed by atoms with Gasteiger partial charge in [0.15, 0.2) is 0 Å². The predicted molar refractivity (Wildman–Crippen MR) is 92.9 cm³/mol. The fourth-order valence-corrected chi connectivity index (χ4v) is 7.15. The Kier molecular flexibility index (Phi) is 4.53. The summed E-state index contributed by atoms with van der Waals surface area (Å²) in [5.74, 6) is -0.793. The molecule has 0 amide bonds. The van der Waals surface area contributed by atoms with Gasteiger partial charge in [-0.1, -0.05) is 0 Å². The molecule has 2 fully saturated rings. The molecule has 134 valence electrons. The van der Waals surface area contributed by atoms with Gasteiger partial charge < -0.3 is 10.0 Å². The van der Waals surface area contributed by atoms with E-state index < -0.39 is 21.4 Å². The van der Waals surface area contributed by atoms with Crippen molar-refractivity contribution in [1.82, 2.24) is 9.21 Å². The molecule has 2 aliphatic rings. The molecule has 2 aliphatic heterocycles. The lowest BCUT2D eigenvalue weighted by atomic mass is 9.69. The van der Waals surface area contributed by atoms with E-state index in [2.05, 4.69) is 0 Å². The van der Waals surface area contributed by atoms with Gasteiger partial charge in [0.2, 0.25) is 10.0 Å². The number of aliphatic carboxylic acids is 1. The molecular weight excluding hydrogens is 348 g/mol. The van der Waals surface area contributed by atoms with Crippen LogP contribution in [0.15, 0.2) is 11.0 Å². The molecule has 0 aliphatic carbocycles. The first kappa shape index (κ1) is 17.8. The van der Waals surface area contributed by atoms with E-state index in [0.717, 1.165) is 22.7 Å². The monoisotopic (exact) mass is 372 g/mol. The standard InChI is InChI=1S/C16H24N2O4S2/c1-11-9-13(12(2)23-11)24(21,22)18-8-6-16(15(19)20)5-4-7-17(3)14(16)10-18/h9,14H,4-8,10H2,1-3H3,(H,19,20)/t14-,16+/m1/s1. The molecule has 2 saturated heterocycles. The number of likely N-dealkylation sites (tertiary alicyclic amines) is 1.